The number of rotatable bonds is 7. The van der Waals surface area contributed by atoms with Gasteiger partial charge in [0.25, 0.3) is 5.91 Å². The van der Waals surface area contributed by atoms with E-state index in [1.165, 1.54) is 30.2 Å². The predicted octanol–water partition coefficient (Wildman–Crippen LogP) is 5.52. The Morgan fingerprint density at radius 1 is 1.14 bits per heavy atom. The summed E-state index contributed by atoms with van der Waals surface area (Å²) in [5.74, 6) is -1.35. The zero-order valence-electron chi connectivity index (χ0n) is 20.5. The van der Waals surface area contributed by atoms with Crippen molar-refractivity contribution in [2.45, 2.75) is 45.1 Å². The van der Waals surface area contributed by atoms with Gasteiger partial charge >= 0.3 is 11.9 Å². The van der Waals surface area contributed by atoms with Gasteiger partial charge in [0.2, 0.25) is 0 Å². The topological polar surface area (TPSA) is 108 Å². The average molecular weight is 519 g/mol. The molecule has 4 aromatic rings. The molecule has 0 saturated carbocycles. The number of para-hydroxylation sites is 1. The third kappa shape index (κ3) is 4.99. The smallest absolute Gasteiger partial charge is 0.341 e. The number of fused-ring (bicyclic) bond motifs is 2. The molecule has 2 atom stereocenters. The molecule has 5 rings (SSSR count). The highest BCUT2D eigenvalue weighted by Crippen LogP contribution is 2.43. The van der Waals surface area contributed by atoms with E-state index in [2.05, 4.69) is 22.4 Å². The monoisotopic (exact) mass is 518 g/mol. The van der Waals surface area contributed by atoms with Crippen LogP contribution in [0, 0.1) is 0 Å². The highest BCUT2D eigenvalue weighted by Gasteiger charge is 2.32. The van der Waals surface area contributed by atoms with E-state index < -0.39 is 23.9 Å². The minimum absolute atomic E-state index is 0.205. The number of aromatic nitrogens is 1. The summed E-state index contributed by atoms with van der Waals surface area (Å²) < 4.78 is 16.0. The molecule has 2 unspecified atom stereocenters. The summed E-state index contributed by atoms with van der Waals surface area (Å²) in [6, 6.07) is 15.2. The van der Waals surface area contributed by atoms with E-state index in [1.54, 1.807) is 25.1 Å². The van der Waals surface area contributed by atoms with Crippen molar-refractivity contribution in [2.24, 2.45) is 0 Å². The summed E-state index contributed by atoms with van der Waals surface area (Å²) in [5, 5.41) is 3.24. The molecule has 1 N–H and O–H groups in total. The maximum atomic E-state index is 13.1. The van der Waals surface area contributed by atoms with Crippen LogP contribution >= 0.6 is 11.3 Å². The van der Waals surface area contributed by atoms with Crippen LogP contribution in [0.25, 0.3) is 11.1 Å². The third-order valence-corrected chi connectivity index (χ3v) is 7.66. The van der Waals surface area contributed by atoms with Gasteiger partial charge in [0, 0.05) is 4.88 Å². The third-order valence-electron chi connectivity index (χ3n) is 6.49. The minimum atomic E-state index is -1.11. The Morgan fingerprint density at radius 3 is 2.73 bits per heavy atom. The van der Waals surface area contributed by atoms with E-state index >= 15 is 0 Å². The standard InChI is InChI=1S/C28H26N2O6S/c1-3-34-28(33)23-19-13-12-18(17-8-5-4-6-9-17)14-22(19)37-26(23)30-25(31)16(2)36-27(32)20-10-7-11-21-24(20)29-15-35-21/h4-11,15-16,18H,3,12-14H2,1-2H3,(H,30,31). The van der Waals surface area contributed by atoms with Gasteiger partial charge in [-0.15, -0.1) is 11.3 Å². The predicted molar refractivity (Wildman–Crippen MR) is 139 cm³/mol. The van der Waals surface area contributed by atoms with Crippen LogP contribution in [0.1, 0.15) is 62.9 Å². The van der Waals surface area contributed by atoms with Crippen LogP contribution in [0.2, 0.25) is 0 Å². The molecule has 1 aliphatic carbocycles. The molecule has 2 heterocycles. The van der Waals surface area contributed by atoms with E-state index in [4.69, 9.17) is 13.9 Å². The Bertz CT molecular complexity index is 1460. The molecular formula is C28H26N2O6S. The molecule has 1 amide bonds. The first-order valence-electron chi connectivity index (χ1n) is 12.2. The Hall–Kier alpha value is -3.98. The minimum Gasteiger partial charge on any atom is -0.462 e. The molecule has 0 saturated heterocycles. The number of oxazole rings is 1. The Morgan fingerprint density at radius 2 is 1.95 bits per heavy atom. The van der Waals surface area contributed by atoms with Gasteiger partial charge in [-0.05, 0) is 62.3 Å². The number of thiophene rings is 1. The fraction of sp³-hybridized carbons (Fsp3) is 0.286. The summed E-state index contributed by atoms with van der Waals surface area (Å²) >= 11 is 1.38. The van der Waals surface area contributed by atoms with Gasteiger partial charge in [0.15, 0.2) is 18.1 Å². The van der Waals surface area contributed by atoms with Gasteiger partial charge in [0.1, 0.15) is 10.5 Å². The Kier molecular flexibility index (Phi) is 7.05. The van der Waals surface area contributed by atoms with E-state index in [0.717, 1.165) is 23.3 Å². The van der Waals surface area contributed by atoms with Gasteiger partial charge in [-0.3, -0.25) is 4.79 Å². The first-order chi connectivity index (χ1) is 18.0. The lowest BCUT2D eigenvalue weighted by atomic mass is 9.83. The van der Waals surface area contributed by atoms with Crippen molar-refractivity contribution in [1.82, 2.24) is 4.98 Å². The van der Waals surface area contributed by atoms with Crippen molar-refractivity contribution in [1.29, 1.82) is 0 Å². The lowest BCUT2D eigenvalue weighted by Crippen LogP contribution is -2.30. The van der Waals surface area contributed by atoms with Crippen molar-refractivity contribution >= 4 is 45.3 Å². The van der Waals surface area contributed by atoms with Crippen molar-refractivity contribution in [3.8, 4) is 0 Å². The van der Waals surface area contributed by atoms with Crippen LogP contribution in [0.5, 0.6) is 0 Å². The highest BCUT2D eigenvalue weighted by atomic mass is 32.1. The summed E-state index contributed by atoms with van der Waals surface area (Å²) in [7, 11) is 0. The van der Waals surface area contributed by atoms with Crippen LogP contribution in [-0.4, -0.2) is 35.5 Å². The number of hydrogen-bond acceptors (Lipinski definition) is 8. The number of hydrogen-bond donors (Lipinski definition) is 1. The summed E-state index contributed by atoms with van der Waals surface area (Å²) in [5.41, 5.74) is 3.59. The van der Waals surface area contributed by atoms with Gasteiger partial charge < -0.3 is 19.2 Å². The number of ether oxygens (including phenoxy) is 2. The number of carbonyl (C=O) groups is 3. The molecule has 0 fully saturated rings. The quantitative estimate of drug-likeness (QED) is 0.321. The van der Waals surface area contributed by atoms with E-state index in [-0.39, 0.29) is 12.2 Å². The molecule has 190 valence electrons. The summed E-state index contributed by atoms with van der Waals surface area (Å²) in [6.45, 7) is 3.46. The van der Waals surface area contributed by atoms with Crippen LogP contribution in [-0.2, 0) is 27.1 Å². The number of esters is 2. The lowest BCUT2D eigenvalue weighted by molar-refractivity contribution is -0.123. The number of nitrogens with zero attached hydrogens (tertiary/aromatic N) is 1. The molecule has 2 aromatic carbocycles. The van der Waals surface area contributed by atoms with E-state index in [0.29, 0.717) is 34.0 Å². The summed E-state index contributed by atoms with van der Waals surface area (Å²) in [4.78, 5) is 43.8. The Labute approximate surface area is 217 Å². The number of benzene rings is 2. The molecule has 0 bridgehead atoms. The highest BCUT2D eigenvalue weighted by molar-refractivity contribution is 7.17. The second-order valence-corrected chi connectivity index (χ2v) is 9.93. The van der Waals surface area contributed by atoms with Crippen LogP contribution in [0.3, 0.4) is 0 Å². The normalized spacial score (nSPS) is 15.6. The molecule has 1 aliphatic rings. The van der Waals surface area contributed by atoms with Crippen LogP contribution in [0.15, 0.2) is 59.3 Å². The number of carbonyl (C=O) groups excluding carboxylic acids is 3. The second-order valence-electron chi connectivity index (χ2n) is 8.82. The average Bonchev–Trinajstić information content (AvgIpc) is 3.53. The van der Waals surface area contributed by atoms with Crippen LogP contribution in [0.4, 0.5) is 5.00 Å². The zero-order chi connectivity index (χ0) is 25.9. The first kappa shape index (κ1) is 24.7. The zero-order valence-corrected chi connectivity index (χ0v) is 21.3. The number of anilines is 1. The van der Waals surface area contributed by atoms with Crippen molar-refractivity contribution < 1.29 is 28.3 Å². The van der Waals surface area contributed by atoms with E-state index in [1.807, 2.05) is 18.2 Å². The largest absolute Gasteiger partial charge is 0.462 e. The lowest BCUT2D eigenvalue weighted by Gasteiger charge is -2.23. The maximum absolute atomic E-state index is 13.1. The molecule has 0 aliphatic heterocycles. The molecule has 0 spiro atoms. The van der Waals surface area contributed by atoms with Gasteiger partial charge in [-0.1, -0.05) is 36.4 Å². The fourth-order valence-electron chi connectivity index (χ4n) is 4.65. The number of amides is 1. The van der Waals surface area contributed by atoms with E-state index in [9.17, 15) is 14.4 Å². The van der Waals surface area contributed by atoms with Crippen molar-refractivity contribution in [2.75, 3.05) is 11.9 Å². The molecule has 9 heteroatoms. The van der Waals surface area contributed by atoms with Crippen molar-refractivity contribution in [3.05, 3.63) is 82.1 Å². The Balaban J connectivity index is 1.35. The second kappa shape index (κ2) is 10.6. The molecule has 37 heavy (non-hydrogen) atoms. The van der Waals surface area contributed by atoms with Gasteiger partial charge in [-0.2, -0.15) is 0 Å². The van der Waals surface area contributed by atoms with Crippen LogP contribution < -0.4 is 5.32 Å². The molecule has 0 radical (unpaired) electrons. The van der Waals surface area contributed by atoms with Crippen molar-refractivity contribution in [3.63, 3.8) is 0 Å². The van der Waals surface area contributed by atoms with Gasteiger partial charge in [0.05, 0.1) is 17.7 Å². The van der Waals surface area contributed by atoms with Gasteiger partial charge in [-0.25, -0.2) is 14.6 Å². The maximum Gasteiger partial charge on any atom is 0.341 e. The summed E-state index contributed by atoms with van der Waals surface area (Å²) in [6.07, 6.45) is 2.52. The molecule has 8 nitrogen and oxygen atoms in total. The first-order valence-corrected chi connectivity index (χ1v) is 13.0. The molecular weight excluding hydrogens is 492 g/mol. The molecule has 2 aromatic heterocycles. The SMILES string of the molecule is CCOC(=O)c1c(NC(=O)C(C)OC(=O)c2cccc3ocnc23)sc2c1CCC(c1ccccc1)C2. The fourth-order valence-corrected chi connectivity index (χ4v) is 5.96. The number of nitrogens with one attached hydrogen (secondary N) is 1.